The second kappa shape index (κ2) is 6.69. The number of carbonyl (C=O) groups is 1. The van der Waals surface area contributed by atoms with Crippen LogP contribution in [0.1, 0.15) is 36.5 Å². The maximum atomic E-state index is 11.8. The minimum atomic E-state index is -0.290. The highest BCUT2D eigenvalue weighted by molar-refractivity contribution is 5.95. The molecule has 0 aromatic heterocycles. The molecule has 0 radical (unpaired) electrons. The number of unbranched alkanes of at least 4 members (excludes halogenated alkanes) is 1. The van der Waals surface area contributed by atoms with Gasteiger partial charge >= 0.3 is 0 Å². The molecule has 0 aliphatic heterocycles. The smallest absolute Gasteiger partial charge is 0.251 e. The first-order valence-electron chi connectivity index (χ1n) is 5.98. The second-order valence-electron chi connectivity index (χ2n) is 4.30. The molecule has 0 aliphatic carbocycles. The van der Waals surface area contributed by atoms with Crippen LogP contribution in [0.25, 0.3) is 0 Å². The van der Waals surface area contributed by atoms with Crippen molar-refractivity contribution in [3.05, 3.63) is 36.4 Å². The number of phenolic OH excluding ortho intramolecular Hbond substituents is 2. The normalized spacial score (nSPS) is 11.8. The van der Waals surface area contributed by atoms with Crippen molar-refractivity contribution in [2.75, 3.05) is 0 Å². The number of allylic oxidation sites excluding steroid dienone is 1. The van der Waals surface area contributed by atoms with Gasteiger partial charge in [0.25, 0.3) is 5.91 Å². The van der Waals surface area contributed by atoms with Gasteiger partial charge in [0.15, 0.2) is 11.5 Å². The molecule has 0 bridgehead atoms. The van der Waals surface area contributed by atoms with Crippen LogP contribution in [0.5, 0.6) is 11.5 Å². The van der Waals surface area contributed by atoms with Crippen LogP contribution in [-0.2, 0) is 0 Å². The highest BCUT2D eigenvalue weighted by Crippen LogP contribution is 2.24. The monoisotopic (exact) mass is 249 g/mol. The van der Waals surface area contributed by atoms with Crippen LogP contribution in [0.2, 0.25) is 0 Å². The number of rotatable bonds is 6. The van der Waals surface area contributed by atoms with Gasteiger partial charge in [-0.2, -0.15) is 0 Å². The summed E-state index contributed by atoms with van der Waals surface area (Å²) in [6, 6.07) is 4.09. The quantitative estimate of drug-likeness (QED) is 0.412. The fourth-order valence-corrected chi connectivity index (χ4v) is 1.61. The third-order valence-electron chi connectivity index (χ3n) is 2.66. The van der Waals surface area contributed by atoms with Gasteiger partial charge in [-0.25, -0.2) is 0 Å². The van der Waals surface area contributed by atoms with E-state index in [9.17, 15) is 9.90 Å². The average Bonchev–Trinajstić information content (AvgIpc) is 2.33. The molecule has 0 saturated carbocycles. The topological polar surface area (TPSA) is 69.6 Å². The first kappa shape index (κ1) is 14.1. The van der Waals surface area contributed by atoms with Gasteiger partial charge in [-0.15, -0.1) is 6.58 Å². The molecule has 1 aromatic rings. The van der Waals surface area contributed by atoms with E-state index < -0.39 is 0 Å². The molecule has 0 fully saturated rings. The van der Waals surface area contributed by atoms with Crippen molar-refractivity contribution in [1.29, 1.82) is 0 Å². The van der Waals surface area contributed by atoms with Crippen molar-refractivity contribution in [1.82, 2.24) is 5.32 Å². The van der Waals surface area contributed by atoms with E-state index in [1.165, 1.54) is 18.2 Å². The third-order valence-corrected chi connectivity index (χ3v) is 2.66. The van der Waals surface area contributed by atoms with Gasteiger partial charge in [0.2, 0.25) is 0 Å². The summed E-state index contributed by atoms with van der Waals surface area (Å²) in [6.07, 6.45) is 4.64. The number of amides is 1. The molecule has 98 valence electrons. The summed E-state index contributed by atoms with van der Waals surface area (Å²) in [4.78, 5) is 11.8. The number of benzene rings is 1. The molecule has 18 heavy (non-hydrogen) atoms. The molecule has 0 spiro atoms. The summed E-state index contributed by atoms with van der Waals surface area (Å²) in [5.74, 6) is -0.774. The highest BCUT2D eigenvalue weighted by atomic mass is 16.3. The van der Waals surface area contributed by atoms with E-state index in [1.54, 1.807) is 0 Å². The van der Waals surface area contributed by atoms with E-state index in [0.29, 0.717) is 5.56 Å². The van der Waals surface area contributed by atoms with E-state index in [2.05, 4.69) is 11.9 Å². The first-order chi connectivity index (χ1) is 8.54. The lowest BCUT2D eigenvalue weighted by molar-refractivity contribution is 0.0937. The molecular weight excluding hydrogens is 230 g/mol. The van der Waals surface area contributed by atoms with Gasteiger partial charge in [0, 0.05) is 11.6 Å². The van der Waals surface area contributed by atoms with E-state index in [-0.39, 0.29) is 23.4 Å². The minimum Gasteiger partial charge on any atom is -0.504 e. The molecule has 0 aliphatic rings. The predicted molar refractivity (Wildman–Crippen MR) is 70.7 cm³/mol. The van der Waals surface area contributed by atoms with E-state index in [4.69, 9.17) is 5.11 Å². The Morgan fingerprint density at radius 1 is 1.44 bits per heavy atom. The van der Waals surface area contributed by atoms with Gasteiger partial charge in [-0.1, -0.05) is 6.08 Å². The molecule has 1 rings (SSSR count). The number of hydrogen-bond acceptors (Lipinski definition) is 3. The minimum absolute atomic E-state index is 0.0633. The van der Waals surface area contributed by atoms with Crippen LogP contribution in [0.15, 0.2) is 30.9 Å². The Morgan fingerprint density at radius 2 is 2.17 bits per heavy atom. The van der Waals surface area contributed by atoms with Crippen LogP contribution in [0.3, 0.4) is 0 Å². The van der Waals surface area contributed by atoms with E-state index in [1.807, 2.05) is 13.0 Å². The largest absolute Gasteiger partial charge is 0.504 e. The van der Waals surface area contributed by atoms with Crippen molar-refractivity contribution >= 4 is 5.91 Å². The van der Waals surface area contributed by atoms with Gasteiger partial charge in [0.1, 0.15) is 0 Å². The Kier molecular flexibility index (Phi) is 5.24. The van der Waals surface area contributed by atoms with Gasteiger partial charge < -0.3 is 15.5 Å². The molecule has 0 unspecified atom stereocenters. The SMILES string of the molecule is C=CCCC[C@H](C)NC(=O)c1ccc(O)c(O)c1. The van der Waals surface area contributed by atoms with Crippen molar-refractivity contribution in [3.8, 4) is 11.5 Å². The van der Waals surface area contributed by atoms with Gasteiger partial charge in [-0.05, 0) is 44.4 Å². The number of aromatic hydroxyl groups is 2. The Bertz CT molecular complexity index is 429. The summed E-state index contributed by atoms with van der Waals surface area (Å²) in [5.41, 5.74) is 0.334. The maximum Gasteiger partial charge on any atom is 0.251 e. The fraction of sp³-hybridized carbons (Fsp3) is 0.357. The Labute approximate surface area is 107 Å². The van der Waals surface area contributed by atoms with E-state index in [0.717, 1.165) is 19.3 Å². The summed E-state index contributed by atoms with van der Waals surface area (Å²) in [7, 11) is 0. The lowest BCUT2D eigenvalue weighted by Crippen LogP contribution is -2.32. The molecule has 1 amide bonds. The Hall–Kier alpha value is -1.97. The van der Waals surface area contributed by atoms with Crippen molar-refractivity contribution in [2.24, 2.45) is 0 Å². The summed E-state index contributed by atoms with van der Waals surface area (Å²) < 4.78 is 0. The van der Waals surface area contributed by atoms with Gasteiger partial charge in [-0.3, -0.25) is 4.79 Å². The van der Waals surface area contributed by atoms with Crippen LogP contribution in [0, 0.1) is 0 Å². The first-order valence-corrected chi connectivity index (χ1v) is 5.98. The second-order valence-corrected chi connectivity index (χ2v) is 4.30. The lowest BCUT2D eigenvalue weighted by atomic mass is 10.1. The van der Waals surface area contributed by atoms with Crippen molar-refractivity contribution in [3.63, 3.8) is 0 Å². The lowest BCUT2D eigenvalue weighted by Gasteiger charge is -2.13. The molecule has 4 heteroatoms. The molecule has 3 N–H and O–H groups in total. The Morgan fingerprint density at radius 3 is 2.78 bits per heavy atom. The summed E-state index contributed by atoms with van der Waals surface area (Å²) in [5, 5.41) is 21.3. The molecule has 1 aromatic carbocycles. The van der Waals surface area contributed by atoms with Crippen molar-refractivity contribution in [2.45, 2.75) is 32.2 Å². The van der Waals surface area contributed by atoms with E-state index >= 15 is 0 Å². The summed E-state index contributed by atoms with van der Waals surface area (Å²) >= 11 is 0. The van der Waals surface area contributed by atoms with Gasteiger partial charge in [0.05, 0.1) is 0 Å². The van der Waals surface area contributed by atoms with Crippen LogP contribution >= 0.6 is 0 Å². The molecular formula is C14H19NO3. The molecule has 1 atom stereocenters. The zero-order chi connectivity index (χ0) is 13.5. The molecule has 4 nitrogen and oxygen atoms in total. The number of hydrogen-bond donors (Lipinski definition) is 3. The summed E-state index contributed by atoms with van der Waals surface area (Å²) in [6.45, 7) is 5.58. The molecule has 0 saturated heterocycles. The Balaban J connectivity index is 2.53. The standard InChI is InChI=1S/C14H19NO3/c1-3-4-5-6-10(2)15-14(18)11-7-8-12(16)13(17)9-11/h3,7-10,16-17H,1,4-6H2,2H3,(H,15,18)/t10-/m0/s1. The van der Waals surface area contributed by atoms with Crippen LogP contribution in [-0.4, -0.2) is 22.2 Å². The fourth-order valence-electron chi connectivity index (χ4n) is 1.61. The maximum absolute atomic E-state index is 11.8. The average molecular weight is 249 g/mol. The zero-order valence-electron chi connectivity index (χ0n) is 10.5. The predicted octanol–water partition coefficient (Wildman–Crippen LogP) is 2.57. The number of carbonyl (C=O) groups excluding carboxylic acids is 1. The third kappa shape index (κ3) is 4.13. The van der Waals surface area contributed by atoms with Crippen LogP contribution in [0.4, 0.5) is 0 Å². The van der Waals surface area contributed by atoms with Crippen molar-refractivity contribution < 1.29 is 15.0 Å². The van der Waals surface area contributed by atoms with Crippen LogP contribution < -0.4 is 5.32 Å². The highest BCUT2D eigenvalue weighted by Gasteiger charge is 2.11. The molecule has 0 heterocycles. The zero-order valence-corrected chi connectivity index (χ0v) is 10.5. The number of phenols is 2. The number of nitrogens with one attached hydrogen (secondary N) is 1.